The summed E-state index contributed by atoms with van der Waals surface area (Å²) in [6, 6.07) is 11.8. The number of ether oxygens (including phenoxy) is 5. The third kappa shape index (κ3) is 10.2. The van der Waals surface area contributed by atoms with Crippen molar-refractivity contribution in [3.8, 4) is 5.75 Å². The van der Waals surface area contributed by atoms with Crippen molar-refractivity contribution in [1.82, 2.24) is 15.1 Å². The van der Waals surface area contributed by atoms with Gasteiger partial charge in [-0.3, -0.25) is 29.4 Å². The Labute approximate surface area is 297 Å². The molecule has 2 saturated heterocycles. The minimum atomic E-state index is -1.01. The quantitative estimate of drug-likeness (QED) is 0.194. The molecule has 0 aliphatic carbocycles. The van der Waals surface area contributed by atoms with Gasteiger partial charge >= 0.3 is 6.09 Å². The van der Waals surface area contributed by atoms with Crippen LogP contribution in [0, 0.1) is 0 Å². The molecule has 276 valence electrons. The molecule has 2 fully saturated rings. The number of piperazine rings is 1. The van der Waals surface area contributed by atoms with Crippen molar-refractivity contribution in [2.24, 2.45) is 0 Å². The van der Waals surface area contributed by atoms with Gasteiger partial charge in [0.25, 0.3) is 11.8 Å². The van der Waals surface area contributed by atoms with Gasteiger partial charge in [0.05, 0.1) is 50.8 Å². The van der Waals surface area contributed by atoms with E-state index in [1.54, 1.807) is 23.1 Å². The molecule has 5 rings (SSSR count). The molecule has 0 spiro atoms. The van der Waals surface area contributed by atoms with Gasteiger partial charge in [0.2, 0.25) is 11.8 Å². The molecular formula is C36H47N5O10. The van der Waals surface area contributed by atoms with E-state index in [-0.39, 0.29) is 30.1 Å². The number of piperidine rings is 1. The lowest BCUT2D eigenvalue weighted by molar-refractivity contribution is -0.136. The van der Waals surface area contributed by atoms with Crippen LogP contribution in [0.2, 0.25) is 0 Å². The lowest BCUT2D eigenvalue weighted by Gasteiger charge is -2.36. The number of imide groups is 2. The maximum absolute atomic E-state index is 13.2. The van der Waals surface area contributed by atoms with E-state index < -0.39 is 35.3 Å². The molecule has 0 radical (unpaired) electrons. The van der Waals surface area contributed by atoms with Crippen LogP contribution in [-0.4, -0.2) is 130 Å². The molecule has 15 nitrogen and oxygen atoms in total. The van der Waals surface area contributed by atoms with Crippen molar-refractivity contribution < 1.29 is 47.7 Å². The van der Waals surface area contributed by atoms with Gasteiger partial charge in [0, 0.05) is 50.5 Å². The first-order chi connectivity index (χ1) is 24.5. The number of amides is 5. The largest absolute Gasteiger partial charge is 0.491 e. The second-order valence-electron chi connectivity index (χ2n) is 13.2. The fraction of sp³-hybridized carbons (Fsp3) is 0.528. The molecular weight excluding hydrogens is 662 g/mol. The highest BCUT2D eigenvalue weighted by Crippen LogP contribution is 2.32. The van der Waals surface area contributed by atoms with Crippen LogP contribution >= 0.6 is 0 Å². The minimum absolute atomic E-state index is 0.0655. The van der Waals surface area contributed by atoms with Gasteiger partial charge in [-0.25, -0.2) is 4.79 Å². The lowest BCUT2D eigenvalue weighted by Crippen LogP contribution is -2.54. The summed E-state index contributed by atoms with van der Waals surface area (Å²) in [5.41, 5.74) is 1.48. The van der Waals surface area contributed by atoms with E-state index in [9.17, 15) is 24.0 Å². The van der Waals surface area contributed by atoms with Crippen LogP contribution < -0.4 is 20.3 Å². The monoisotopic (exact) mass is 709 g/mol. The van der Waals surface area contributed by atoms with Gasteiger partial charge in [0.1, 0.15) is 24.0 Å². The van der Waals surface area contributed by atoms with Crippen LogP contribution in [0.5, 0.6) is 5.75 Å². The van der Waals surface area contributed by atoms with E-state index >= 15 is 0 Å². The molecule has 51 heavy (non-hydrogen) atoms. The van der Waals surface area contributed by atoms with E-state index in [2.05, 4.69) is 15.5 Å². The Hall–Kier alpha value is -4.73. The summed E-state index contributed by atoms with van der Waals surface area (Å²) in [5.74, 6) is -1.41. The van der Waals surface area contributed by atoms with E-state index in [0.717, 1.165) is 29.4 Å². The topological polar surface area (TPSA) is 165 Å². The van der Waals surface area contributed by atoms with Crippen LogP contribution in [0.15, 0.2) is 42.5 Å². The molecule has 3 aliphatic heterocycles. The number of benzene rings is 2. The highest BCUT2D eigenvalue weighted by Gasteiger charge is 2.45. The zero-order chi connectivity index (χ0) is 36.4. The number of carbonyl (C=O) groups is 5. The Kier molecular flexibility index (Phi) is 12.9. The highest BCUT2D eigenvalue weighted by molar-refractivity contribution is 6.25. The fourth-order valence-corrected chi connectivity index (χ4v) is 5.91. The van der Waals surface area contributed by atoms with Crippen LogP contribution in [0.25, 0.3) is 0 Å². The zero-order valence-corrected chi connectivity index (χ0v) is 29.4. The Morgan fingerprint density at radius 3 is 2.12 bits per heavy atom. The Morgan fingerprint density at radius 2 is 1.47 bits per heavy atom. The third-order valence-corrected chi connectivity index (χ3v) is 8.40. The van der Waals surface area contributed by atoms with Crippen molar-refractivity contribution in [2.75, 3.05) is 89.2 Å². The molecule has 0 saturated carbocycles. The molecule has 3 aliphatic rings. The summed E-state index contributed by atoms with van der Waals surface area (Å²) in [4.78, 5) is 67.2. The predicted molar refractivity (Wildman–Crippen MR) is 186 cm³/mol. The molecule has 5 amide bonds. The Morgan fingerprint density at radius 1 is 0.824 bits per heavy atom. The van der Waals surface area contributed by atoms with E-state index in [4.69, 9.17) is 23.7 Å². The van der Waals surface area contributed by atoms with Gasteiger partial charge in [-0.15, -0.1) is 0 Å². The van der Waals surface area contributed by atoms with Crippen LogP contribution in [0.1, 0.15) is 54.3 Å². The molecule has 0 bridgehead atoms. The number of anilines is 2. The predicted octanol–water partition coefficient (Wildman–Crippen LogP) is 2.69. The summed E-state index contributed by atoms with van der Waals surface area (Å²) in [5, 5.41) is 5.34. The fourth-order valence-electron chi connectivity index (χ4n) is 5.91. The smallest absolute Gasteiger partial charge is 0.410 e. The number of nitrogens with zero attached hydrogens (tertiary/aromatic N) is 3. The molecule has 15 heteroatoms. The zero-order valence-electron chi connectivity index (χ0n) is 29.4. The number of hydrogen-bond donors (Lipinski definition) is 2. The Balaban J connectivity index is 0.882. The van der Waals surface area contributed by atoms with Gasteiger partial charge in [-0.1, -0.05) is 6.07 Å². The van der Waals surface area contributed by atoms with Gasteiger partial charge < -0.3 is 38.8 Å². The van der Waals surface area contributed by atoms with Crippen molar-refractivity contribution in [3.05, 3.63) is 53.6 Å². The first-order valence-electron chi connectivity index (χ1n) is 17.3. The number of hydrogen-bond acceptors (Lipinski definition) is 12. The van der Waals surface area contributed by atoms with Crippen molar-refractivity contribution >= 4 is 41.1 Å². The summed E-state index contributed by atoms with van der Waals surface area (Å²) < 4.78 is 28.0. The third-order valence-electron chi connectivity index (χ3n) is 8.40. The molecule has 2 aromatic rings. The van der Waals surface area contributed by atoms with Crippen molar-refractivity contribution in [2.45, 2.75) is 45.3 Å². The SMILES string of the molecule is CC(C)(C)OC(=O)N1CCN(c2ccc(OCCOCCOCCOCCNc3cccc4c3C(=O)N(C3CCC(=O)NC3=O)C4=O)cc2)CC1. The molecule has 0 aromatic heterocycles. The number of fused-ring (bicyclic) bond motifs is 1. The second-order valence-corrected chi connectivity index (χ2v) is 13.2. The van der Waals surface area contributed by atoms with E-state index in [0.29, 0.717) is 71.6 Å². The number of rotatable bonds is 16. The summed E-state index contributed by atoms with van der Waals surface area (Å²) >= 11 is 0. The summed E-state index contributed by atoms with van der Waals surface area (Å²) in [6.07, 6.45) is -0.102. The van der Waals surface area contributed by atoms with Crippen molar-refractivity contribution in [1.29, 1.82) is 0 Å². The molecule has 2 N–H and O–H groups in total. The standard InChI is InChI=1S/C36H47N5O10/c1-36(2,3)51-35(46)40-16-14-39(15-17-40)25-7-9-26(10-8-25)50-24-23-49-22-21-48-20-19-47-18-13-37-28-6-4-5-27-31(28)34(45)41(33(27)44)29-11-12-30(42)38-32(29)43/h4-10,29,37H,11-24H2,1-3H3,(H,38,42,43). The van der Waals surface area contributed by atoms with Crippen molar-refractivity contribution in [3.63, 3.8) is 0 Å². The number of carbonyl (C=O) groups excluding carboxylic acids is 5. The van der Waals surface area contributed by atoms with Crippen LogP contribution in [0.3, 0.4) is 0 Å². The molecule has 2 aromatic carbocycles. The maximum Gasteiger partial charge on any atom is 0.410 e. The molecule has 1 unspecified atom stereocenters. The van der Waals surface area contributed by atoms with Gasteiger partial charge in [-0.2, -0.15) is 0 Å². The minimum Gasteiger partial charge on any atom is -0.491 e. The Bertz CT molecular complexity index is 1550. The van der Waals surface area contributed by atoms with Crippen LogP contribution in [0.4, 0.5) is 16.2 Å². The van der Waals surface area contributed by atoms with E-state index in [1.165, 1.54) is 0 Å². The highest BCUT2D eigenvalue weighted by atomic mass is 16.6. The summed E-state index contributed by atoms with van der Waals surface area (Å²) in [6.45, 7) is 11.4. The average Bonchev–Trinajstić information content (AvgIpc) is 3.35. The lowest BCUT2D eigenvalue weighted by atomic mass is 10.0. The first kappa shape index (κ1) is 37.5. The van der Waals surface area contributed by atoms with Gasteiger partial charge in [0.15, 0.2) is 0 Å². The first-order valence-corrected chi connectivity index (χ1v) is 17.3. The number of nitrogens with one attached hydrogen (secondary N) is 2. The van der Waals surface area contributed by atoms with Crippen LogP contribution in [-0.2, 0) is 28.5 Å². The maximum atomic E-state index is 13.2. The van der Waals surface area contributed by atoms with Gasteiger partial charge in [-0.05, 0) is 63.6 Å². The molecule has 1 atom stereocenters. The average molecular weight is 710 g/mol. The normalized spacial score (nSPS) is 17.8. The van der Waals surface area contributed by atoms with E-state index in [1.807, 2.05) is 45.0 Å². The molecule has 3 heterocycles. The summed E-state index contributed by atoms with van der Waals surface area (Å²) in [7, 11) is 0. The second kappa shape index (κ2) is 17.5.